The number of primary amides is 1. The van der Waals surface area contributed by atoms with Gasteiger partial charge in [0.25, 0.3) is 5.91 Å². The Kier molecular flexibility index (Phi) is 3.52. The van der Waals surface area contributed by atoms with Crippen LogP contribution in [0.3, 0.4) is 0 Å². The lowest BCUT2D eigenvalue weighted by molar-refractivity contribution is -0.138. The van der Waals surface area contributed by atoms with Gasteiger partial charge in [-0.05, 0) is 18.6 Å². The summed E-state index contributed by atoms with van der Waals surface area (Å²) in [6.07, 6.45) is -3.33. The minimum Gasteiger partial charge on any atom is -0.365 e. The molecule has 0 atom stereocenters. The van der Waals surface area contributed by atoms with Gasteiger partial charge in [0.2, 0.25) is 0 Å². The lowest BCUT2D eigenvalue weighted by Gasteiger charge is -2.13. The van der Waals surface area contributed by atoms with Crippen LogP contribution in [-0.4, -0.2) is 16.1 Å². The number of nitrogens with one attached hydrogen (secondary N) is 1. The Labute approximate surface area is 112 Å². The van der Waals surface area contributed by atoms with Gasteiger partial charge in [0.05, 0.1) is 23.0 Å². The van der Waals surface area contributed by atoms with Gasteiger partial charge in [0.15, 0.2) is 0 Å². The average molecular weight is 283 g/mol. The zero-order valence-corrected chi connectivity index (χ0v) is 10.6. The molecule has 2 aromatic rings. The maximum absolute atomic E-state index is 13.0. The molecule has 0 spiro atoms. The van der Waals surface area contributed by atoms with Gasteiger partial charge in [-0.25, -0.2) is 0 Å². The first-order valence-corrected chi connectivity index (χ1v) is 5.78. The number of benzene rings is 1. The standard InChI is InChI=1S/C13H12F3N3O/c1-7-2-3-10(13(14,15)16)8(4-7)5-11-9(12(17)20)6-18-19-11/h2-4,6H,5H2,1H3,(H2,17,20)(H,18,19). The van der Waals surface area contributed by atoms with Crippen LogP contribution in [-0.2, 0) is 12.6 Å². The molecule has 0 bridgehead atoms. The summed E-state index contributed by atoms with van der Waals surface area (Å²) in [6.45, 7) is 1.70. The molecule has 1 aromatic carbocycles. The number of H-pyrrole nitrogens is 1. The Balaban J connectivity index is 2.45. The van der Waals surface area contributed by atoms with E-state index in [1.165, 1.54) is 18.3 Å². The Morgan fingerprint density at radius 1 is 1.40 bits per heavy atom. The summed E-state index contributed by atoms with van der Waals surface area (Å²) in [4.78, 5) is 11.2. The molecule has 1 aromatic heterocycles. The highest BCUT2D eigenvalue weighted by Gasteiger charge is 2.33. The van der Waals surface area contributed by atoms with E-state index in [1.54, 1.807) is 6.92 Å². The van der Waals surface area contributed by atoms with E-state index in [1.807, 2.05) is 0 Å². The molecule has 0 saturated heterocycles. The van der Waals surface area contributed by atoms with Crippen LogP contribution in [0.1, 0.15) is 32.7 Å². The lowest BCUT2D eigenvalue weighted by Crippen LogP contribution is -2.14. The van der Waals surface area contributed by atoms with Crippen molar-refractivity contribution in [3.63, 3.8) is 0 Å². The highest BCUT2D eigenvalue weighted by Crippen LogP contribution is 2.33. The summed E-state index contributed by atoms with van der Waals surface area (Å²) >= 11 is 0. The van der Waals surface area contributed by atoms with Gasteiger partial charge in [-0.2, -0.15) is 18.3 Å². The molecule has 0 aliphatic heterocycles. The molecule has 0 aliphatic carbocycles. The van der Waals surface area contributed by atoms with E-state index in [-0.39, 0.29) is 23.2 Å². The number of nitrogens with zero attached hydrogens (tertiary/aromatic N) is 1. The van der Waals surface area contributed by atoms with Crippen LogP contribution >= 0.6 is 0 Å². The van der Waals surface area contributed by atoms with E-state index in [4.69, 9.17) is 5.73 Å². The number of hydrogen-bond acceptors (Lipinski definition) is 2. The number of carbonyl (C=O) groups excluding carboxylic acids is 1. The fraction of sp³-hybridized carbons (Fsp3) is 0.231. The fourth-order valence-corrected chi connectivity index (χ4v) is 2.00. The van der Waals surface area contributed by atoms with Crippen LogP contribution in [0.5, 0.6) is 0 Å². The monoisotopic (exact) mass is 283 g/mol. The summed E-state index contributed by atoms with van der Waals surface area (Å²) in [6, 6.07) is 3.87. The van der Waals surface area contributed by atoms with Crippen LogP contribution in [0.15, 0.2) is 24.4 Å². The van der Waals surface area contributed by atoms with Crippen molar-refractivity contribution in [3.05, 3.63) is 52.3 Å². The molecule has 4 nitrogen and oxygen atoms in total. The number of rotatable bonds is 3. The van der Waals surface area contributed by atoms with Crippen molar-refractivity contribution < 1.29 is 18.0 Å². The second kappa shape index (κ2) is 4.99. The van der Waals surface area contributed by atoms with Crippen molar-refractivity contribution >= 4 is 5.91 Å². The highest BCUT2D eigenvalue weighted by atomic mass is 19.4. The largest absolute Gasteiger partial charge is 0.416 e. The summed E-state index contributed by atoms with van der Waals surface area (Å²) in [7, 11) is 0. The van der Waals surface area contributed by atoms with Gasteiger partial charge in [-0.15, -0.1) is 0 Å². The maximum atomic E-state index is 13.0. The van der Waals surface area contributed by atoms with Crippen molar-refractivity contribution in [3.8, 4) is 0 Å². The molecule has 1 heterocycles. The Morgan fingerprint density at radius 3 is 2.70 bits per heavy atom. The van der Waals surface area contributed by atoms with Crippen molar-refractivity contribution in [1.29, 1.82) is 0 Å². The van der Waals surface area contributed by atoms with Gasteiger partial charge in [0, 0.05) is 6.42 Å². The van der Waals surface area contributed by atoms with E-state index in [0.717, 1.165) is 6.07 Å². The summed E-state index contributed by atoms with van der Waals surface area (Å²) in [5.74, 6) is -0.727. The van der Waals surface area contributed by atoms with Gasteiger partial charge in [-0.3, -0.25) is 9.89 Å². The first-order chi connectivity index (χ1) is 9.29. The normalized spacial score (nSPS) is 11.6. The highest BCUT2D eigenvalue weighted by molar-refractivity contribution is 5.93. The molecular weight excluding hydrogens is 271 g/mol. The van der Waals surface area contributed by atoms with Gasteiger partial charge in [0.1, 0.15) is 0 Å². The van der Waals surface area contributed by atoms with E-state index >= 15 is 0 Å². The minimum atomic E-state index is -4.45. The molecule has 0 fully saturated rings. The van der Waals surface area contributed by atoms with E-state index in [0.29, 0.717) is 5.56 Å². The summed E-state index contributed by atoms with van der Waals surface area (Å²) < 4.78 is 38.9. The van der Waals surface area contributed by atoms with Crippen LogP contribution in [0.4, 0.5) is 13.2 Å². The number of carbonyl (C=O) groups is 1. The molecular formula is C13H12F3N3O. The third-order valence-electron chi connectivity index (χ3n) is 2.92. The second-order valence-electron chi connectivity index (χ2n) is 4.46. The molecule has 106 valence electrons. The SMILES string of the molecule is Cc1ccc(C(F)(F)F)c(Cc2[nH]ncc2C(N)=O)c1. The number of alkyl halides is 3. The number of hydrogen-bond donors (Lipinski definition) is 2. The molecule has 0 unspecified atom stereocenters. The first kappa shape index (κ1) is 14.1. The molecule has 0 radical (unpaired) electrons. The number of aromatic amines is 1. The topological polar surface area (TPSA) is 71.8 Å². The zero-order valence-electron chi connectivity index (χ0n) is 10.6. The molecule has 3 N–H and O–H groups in total. The molecule has 0 aliphatic rings. The third-order valence-corrected chi connectivity index (χ3v) is 2.92. The lowest BCUT2D eigenvalue weighted by atomic mass is 9.98. The van der Waals surface area contributed by atoms with Crippen molar-refractivity contribution in [2.75, 3.05) is 0 Å². The molecule has 0 saturated carbocycles. The summed E-state index contributed by atoms with van der Waals surface area (Å²) in [5.41, 5.74) is 5.56. The number of nitrogens with two attached hydrogens (primary N) is 1. The van der Waals surface area contributed by atoms with Gasteiger partial charge in [-0.1, -0.05) is 17.7 Å². The number of aryl methyl sites for hydroxylation is 1. The number of halogens is 3. The van der Waals surface area contributed by atoms with Crippen molar-refractivity contribution in [2.24, 2.45) is 5.73 Å². The Morgan fingerprint density at radius 2 is 2.10 bits per heavy atom. The number of aromatic nitrogens is 2. The fourth-order valence-electron chi connectivity index (χ4n) is 2.00. The van der Waals surface area contributed by atoms with Crippen LogP contribution in [0, 0.1) is 6.92 Å². The predicted octanol–water partition coefficient (Wildman–Crippen LogP) is 2.43. The van der Waals surface area contributed by atoms with Crippen LogP contribution < -0.4 is 5.73 Å². The molecule has 1 amide bonds. The van der Waals surface area contributed by atoms with Gasteiger partial charge >= 0.3 is 6.18 Å². The zero-order chi connectivity index (χ0) is 14.9. The molecule has 20 heavy (non-hydrogen) atoms. The Bertz CT molecular complexity index is 647. The van der Waals surface area contributed by atoms with E-state index in [9.17, 15) is 18.0 Å². The second-order valence-corrected chi connectivity index (χ2v) is 4.46. The number of amides is 1. The summed E-state index contributed by atoms with van der Waals surface area (Å²) in [5, 5.41) is 6.16. The van der Waals surface area contributed by atoms with Crippen LogP contribution in [0.25, 0.3) is 0 Å². The molecule has 2 rings (SSSR count). The maximum Gasteiger partial charge on any atom is 0.416 e. The Hall–Kier alpha value is -2.31. The minimum absolute atomic E-state index is 0.0734. The van der Waals surface area contributed by atoms with Gasteiger partial charge < -0.3 is 5.73 Å². The molecule has 7 heteroatoms. The smallest absolute Gasteiger partial charge is 0.365 e. The van der Waals surface area contributed by atoms with Crippen molar-refractivity contribution in [1.82, 2.24) is 10.2 Å². The first-order valence-electron chi connectivity index (χ1n) is 5.78. The van der Waals surface area contributed by atoms with Crippen molar-refractivity contribution in [2.45, 2.75) is 19.5 Å². The predicted molar refractivity (Wildman–Crippen MR) is 66.1 cm³/mol. The quantitative estimate of drug-likeness (QED) is 0.908. The van der Waals surface area contributed by atoms with E-state index < -0.39 is 17.6 Å². The van der Waals surface area contributed by atoms with Crippen LogP contribution in [0.2, 0.25) is 0 Å². The average Bonchev–Trinajstić information content (AvgIpc) is 2.75. The van der Waals surface area contributed by atoms with E-state index in [2.05, 4.69) is 10.2 Å². The third kappa shape index (κ3) is 2.81.